The number of hydrogen-bond donors (Lipinski definition) is 0. The molecule has 0 unspecified atom stereocenters. The average Bonchev–Trinajstić information content (AvgIpc) is 3.18. The number of hydrogen-bond acceptors (Lipinski definition) is 1. The number of benzene rings is 9. The number of anilines is 3. The molecule has 9 aromatic carbocycles. The maximum Gasteiger partial charge on any atom is 0.0467 e. The molecule has 0 saturated heterocycles. The van der Waals surface area contributed by atoms with Crippen LogP contribution < -0.4 is 4.90 Å². The minimum atomic E-state index is 1.11. The minimum absolute atomic E-state index is 1.11. The molecule has 0 aliphatic heterocycles. The Morgan fingerprint density at radius 2 is 0.755 bits per heavy atom. The van der Waals surface area contributed by atoms with Crippen molar-refractivity contribution in [1.82, 2.24) is 0 Å². The number of rotatable bonds is 6. The Balaban J connectivity index is 1.13. The Bertz CT molecular complexity index is 2580. The fourth-order valence-electron chi connectivity index (χ4n) is 7.17. The molecule has 0 aliphatic carbocycles. The summed E-state index contributed by atoms with van der Waals surface area (Å²) in [6.07, 6.45) is 0. The van der Waals surface area contributed by atoms with Crippen molar-refractivity contribution in [1.29, 1.82) is 0 Å². The third-order valence-corrected chi connectivity index (χ3v) is 9.64. The van der Waals surface area contributed by atoms with Crippen LogP contribution in [-0.4, -0.2) is 0 Å². The van der Waals surface area contributed by atoms with Crippen LogP contribution >= 0.6 is 0 Å². The van der Waals surface area contributed by atoms with E-state index in [0.717, 1.165) is 17.1 Å². The van der Waals surface area contributed by atoms with Crippen molar-refractivity contribution in [2.45, 2.75) is 0 Å². The number of fused-ring (bicyclic) bond motifs is 4. The fraction of sp³-hybridized carbons (Fsp3) is 0. The van der Waals surface area contributed by atoms with Crippen LogP contribution in [0.3, 0.4) is 0 Å². The second-order valence-corrected chi connectivity index (χ2v) is 12.6. The molecule has 9 rings (SSSR count). The molecular formula is C48H33N. The van der Waals surface area contributed by atoms with Crippen molar-refractivity contribution in [2.24, 2.45) is 0 Å². The smallest absolute Gasteiger partial charge is 0.0467 e. The van der Waals surface area contributed by atoms with Crippen molar-refractivity contribution in [3.63, 3.8) is 0 Å². The lowest BCUT2D eigenvalue weighted by Gasteiger charge is -2.26. The van der Waals surface area contributed by atoms with Crippen LogP contribution in [-0.2, 0) is 0 Å². The summed E-state index contributed by atoms with van der Waals surface area (Å²) in [5.41, 5.74) is 10.6. The molecule has 0 spiro atoms. The highest BCUT2D eigenvalue weighted by atomic mass is 15.1. The zero-order valence-corrected chi connectivity index (χ0v) is 27.0. The Hall–Kier alpha value is -6.44. The second kappa shape index (κ2) is 12.3. The van der Waals surface area contributed by atoms with E-state index in [0.29, 0.717) is 0 Å². The second-order valence-electron chi connectivity index (χ2n) is 12.6. The van der Waals surface area contributed by atoms with E-state index < -0.39 is 0 Å². The minimum Gasteiger partial charge on any atom is -0.310 e. The molecule has 0 heterocycles. The summed E-state index contributed by atoms with van der Waals surface area (Å²) in [6.45, 7) is 0. The van der Waals surface area contributed by atoms with E-state index in [4.69, 9.17) is 0 Å². The Morgan fingerprint density at radius 3 is 1.51 bits per heavy atom. The lowest BCUT2D eigenvalue weighted by atomic mass is 9.97. The molecule has 0 amide bonds. The van der Waals surface area contributed by atoms with Gasteiger partial charge in [0.2, 0.25) is 0 Å². The molecule has 0 atom stereocenters. The first-order valence-electron chi connectivity index (χ1n) is 16.8. The average molecular weight is 624 g/mol. The van der Waals surface area contributed by atoms with Gasteiger partial charge in [0.05, 0.1) is 0 Å². The van der Waals surface area contributed by atoms with Crippen LogP contribution in [0.2, 0.25) is 0 Å². The summed E-state index contributed by atoms with van der Waals surface area (Å²) < 4.78 is 0. The molecule has 1 heteroatoms. The van der Waals surface area contributed by atoms with Gasteiger partial charge in [0.25, 0.3) is 0 Å². The highest BCUT2D eigenvalue weighted by molar-refractivity contribution is 6.08. The summed E-state index contributed by atoms with van der Waals surface area (Å²) in [7, 11) is 0. The van der Waals surface area contributed by atoms with Crippen LogP contribution in [0.4, 0.5) is 17.1 Å². The van der Waals surface area contributed by atoms with E-state index in [9.17, 15) is 0 Å². The highest BCUT2D eigenvalue weighted by Gasteiger charge is 2.15. The van der Waals surface area contributed by atoms with Gasteiger partial charge in [-0.25, -0.2) is 0 Å². The van der Waals surface area contributed by atoms with Crippen LogP contribution in [0.15, 0.2) is 200 Å². The quantitative estimate of drug-likeness (QED) is 0.167. The molecule has 0 N–H and O–H groups in total. The van der Waals surface area contributed by atoms with Gasteiger partial charge in [0, 0.05) is 17.1 Å². The van der Waals surface area contributed by atoms with Gasteiger partial charge >= 0.3 is 0 Å². The molecule has 9 aromatic rings. The maximum absolute atomic E-state index is 2.36. The van der Waals surface area contributed by atoms with Crippen molar-refractivity contribution >= 4 is 49.4 Å². The first kappa shape index (κ1) is 28.8. The zero-order valence-electron chi connectivity index (χ0n) is 27.0. The monoisotopic (exact) mass is 623 g/mol. The van der Waals surface area contributed by atoms with Gasteiger partial charge in [-0.3, -0.25) is 0 Å². The Morgan fingerprint density at radius 1 is 0.245 bits per heavy atom. The normalized spacial score (nSPS) is 11.3. The van der Waals surface area contributed by atoms with E-state index >= 15 is 0 Å². The van der Waals surface area contributed by atoms with Gasteiger partial charge in [-0.1, -0.05) is 158 Å². The van der Waals surface area contributed by atoms with Crippen molar-refractivity contribution in [2.75, 3.05) is 4.90 Å². The molecule has 0 bridgehead atoms. The lowest BCUT2D eigenvalue weighted by molar-refractivity contribution is 1.28. The molecule has 1 nitrogen and oxygen atoms in total. The number of nitrogens with zero attached hydrogens (tertiary/aromatic N) is 1. The summed E-state index contributed by atoms with van der Waals surface area (Å²) in [5, 5.41) is 7.61. The largest absolute Gasteiger partial charge is 0.310 e. The van der Waals surface area contributed by atoms with Crippen molar-refractivity contribution in [3.8, 4) is 33.4 Å². The lowest BCUT2D eigenvalue weighted by Crippen LogP contribution is -2.10. The first-order valence-corrected chi connectivity index (χ1v) is 16.8. The van der Waals surface area contributed by atoms with E-state index in [1.807, 2.05) is 0 Å². The SMILES string of the molecule is c1ccc(-c2ccc(N(c3ccc(-c4ccc5c(ccc6ccccc65)c4)cc3)c3cccc(-c4cccc5ccccc45)c3)cc2)cc1. The van der Waals surface area contributed by atoms with Gasteiger partial charge < -0.3 is 4.90 Å². The predicted octanol–water partition coefficient (Wildman–Crippen LogP) is 13.6. The van der Waals surface area contributed by atoms with Crippen LogP contribution in [0.5, 0.6) is 0 Å². The van der Waals surface area contributed by atoms with E-state index in [2.05, 4.69) is 205 Å². The molecule has 0 aromatic heterocycles. The molecule has 0 saturated carbocycles. The molecule has 0 fully saturated rings. The van der Waals surface area contributed by atoms with E-state index in [-0.39, 0.29) is 0 Å². The van der Waals surface area contributed by atoms with Gasteiger partial charge in [-0.15, -0.1) is 0 Å². The van der Waals surface area contributed by atoms with Gasteiger partial charge in [0.15, 0.2) is 0 Å². The molecule has 230 valence electrons. The Kier molecular flexibility index (Phi) is 7.22. The van der Waals surface area contributed by atoms with Crippen LogP contribution in [0.25, 0.3) is 65.7 Å². The van der Waals surface area contributed by atoms with Crippen LogP contribution in [0, 0.1) is 0 Å². The first-order chi connectivity index (χ1) is 24.3. The van der Waals surface area contributed by atoms with E-state index in [1.165, 1.54) is 65.7 Å². The standard InChI is InChI=1S/C48H33N/c1-2-10-34(11-3-1)35-22-27-42(28-23-35)49(44-16-8-15-40(33-44)47-19-9-14-37-12-4-6-17-45(37)47)43-29-24-36(25-30-43)39-26-31-48-41(32-39)21-20-38-13-5-7-18-46(38)48/h1-33H. The van der Waals surface area contributed by atoms with Gasteiger partial charge in [-0.05, 0) is 108 Å². The predicted molar refractivity (Wildman–Crippen MR) is 210 cm³/mol. The molecule has 49 heavy (non-hydrogen) atoms. The summed E-state index contributed by atoms with van der Waals surface area (Å²) in [5.74, 6) is 0. The maximum atomic E-state index is 2.36. The highest BCUT2D eigenvalue weighted by Crippen LogP contribution is 2.40. The fourth-order valence-corrected chi connectivity index (χ4v) is 7.17. The van der Waals surface area contributed by atoms with Crippen molar-refractivity contribution in [3.05, 3.63) is 200 Å². The molecule has 0 radical (unpaired) electrons. The Labute approximate surface area is 287 Å². The molecular weight excluding hydrogens is 591 g/mol. The van der Waals surface area contributed by atoms with Crippen molar-refractivity contribution < 1.29 is 0 Å². The third-order valence-electron chi connectivity index (χ3n) is 9.64. The summed E-state index contributed by atoms with van der Waals surface area (Å²) >= 11 is 0. The van der Waals surface area contributed by atoms with Gasteiger partial charge in [-0.2, -0.15) is 0 Å². The zero-order chi connectivity index (χ0) is 32.6. The summed E-state index contributed by atoms with van der Waals surface area (Å²) in [6, 6.07) is 72.4. The van der Waals surface area contributed by atoms with Gasteiger partial charge in [0.1, 0.15) is 0 Å². The van der Waals surface area contributed by atoms with E-state index in [1.54, 1.807) is 0 Å². The third kappa shape index (κ3) is 5.42. The van der Waals surface area contributed by atoms with Crippen LogP contribution in [0.1, 0.15) is 0 Å². The summed E-state index contributed by atoms with van der Waals surface area (Å²) in [4.78, 5) is 2.36. The molecule has 0 aliphatic rings. The topological polar surface area (TPSA) is 3.24 Å².